The Labute approximate surface area is 179 Å². The normalized spacial score (nSPS) is 17.0. The molecule has 1 aliphatic heterocycles. The van der Waals surface area contributed by atoms with Crippen molar-refractivity contribution < 1.29 is 19.0 Å². The minimum Gasteiger partial charge on any atom is -0.491 e. The zero-order chi connectivity index (χ0) is 21.8. The number of benzene rings is 2. The molecule has 2 heterocycles. The van der Waals surface area contributed by atoms with Crippen molar-refractivity contribution in [1.82, 2.24) is 25.1 Å². The third kappa shape index (κ3) is 5.05. The number of halogens is 1. The Balaban J connectivity index is 1.29. The highest BCUT2D eigenvalue weighted by Gasteiger charge is 2.28. The second kappa shape index (κ2) is 9.22. The lowest BCUT2D eigenvalue weighted by Crippen LogP contribution is -2.28. The maximum absolute atomic E-state index is 13.1. The molecule has 0 bridgehead atoms. The lowest BCUT2D eigenvalue weighted by atomic mass is 9.99. The van der Waals surface area contributed by atoms with Gasteiger partial charge in [-0.05, 0) is 65.7 Å². The molecule has 1 fully saturated rings. The number of hydrogen-bond donors (Lipinski definition) is 1. The Morgan fingerprint density at radius 2 is 1.97 bits per heavy atom. The van der Waals surface area contributed by atoms with Crippen LogP contribution < -0.4 is 4.74 Å². The molecular formula is C22H24FN5O3. The summed E-state index contributed by atoms with van der Waals surface area (Å²) < 4.78 is 20.3. The number of aryl methyl sites for hydroxylation is 1. The largest absolute Gasteiger partial charge is 0.491 e. The number of ether oxygens (including phenoxy) is 1. The zero-order valence-electron chi connectivity index (χ0n) is 17.2. The van der Waals surface area contributed by atoms with Crippen LogP contribution in [0.5, 0.6) is 5.75 Å². The smallest absolute Gasteiger partial charge is 0.253 e. The van der Waals surface area contributed by atoms with E-state index in [1.54, 1.807) is 43.3 Å². The van der Waals surface area contributed by atoms with Gasteiger partial charge in [-0.15, -0.1) is 5.10 Å². The molecule has 1 amide bonds. The molecule has 0 aliphatic carbocycles. The lowest BCUT2D eigenvalue weighted by Gasteiger charge is -2.17. The Kier molecular flexibility index (Phi) is 6.22. The molecule has 0 spiro atoms. The fourth-order valence-electron chi connectivity index (χ4n) is 3.69. The van der Waals surface area contributed by atoms with Gasteiger partial charge < -0.3 is 14.7 Å². The second-order valence-electron chi connectivity index (χ2n) is 7.69. The van der Waals surface area contributed by atoms with Crippen molar-refractivity contribution in [2.75, 3.05) is 19.7 Å². The first-order valence-electron chi connectivity index (χ1n) is 10.2. The predicted molar refractivity (Wildman–Crippen MR) is 110 cm³/mol. The number of carbonyl (C=O) groups is 1. The van der Waals surface area contributed by atoms with Crippen LogP contribution in [0, 0.1) is 12.7 Å². The van der Waals surface area contributed by atoms with E-state index in [2.05, 4.69) is 15.5 Å². The SMILES string of the molecule is Cc1nnnn1C[C@@H](O)COc1ccc(C(=O)N2CC[C@H](c3ccc(F)cc3)C2)cc1. The van der Waals surface area contributed by atoms with E-state index in [0.29, 0.717) is 30.2 Å². The Morgan fingerprint density at radius 3 is 2.65 bits per heavy atom. The number of rotatable bonds is 7. The van der Waals surface area contributed by atoms with Crippen molar-refractivity contribution in [3.05, 3.63) is 71.3 Å². The summed E-state index contributed by atoms with van der Waals surface area (Å²) in [5.41, 5.74) is 1.63. The summed E-state index contributed by atoms with van der Waals surface area (Å²) in [5, 5.41) is 21.2. The van der Waals surface area contributed by atoms with Gasteiger partial charge in [0.1, 0.15) is 30.1 Å². The minimum atomic E-state index is -0.767. The number of tetrazole rings is 1. The van der Waals surface area contributed by atoms with E-state index >= 15 is 0 Å². The van der Waals surface area contributed by atoms with Crippen LogP contribution >= 0.6 is 0 Å². The summed E-state index contributed by atoms with van der Waals surface area (Å²) in [6.07, 6.45) is 0.0912. The lowest BCUT2D eigenvalue weighted by molar-refractivity contribution is 0.0789. The maximum Gasteiger partial charge on any atom is 0.253 e. The van der Waals surface area contributed by atoms with E-state index in [1.807, 2.05) is 4.90 Å². The number of likely N-dealkylation sites (tertiary alicyclic amines) is 1. The van der Waals surface area contributed by atoms with E-state index in [-0.39, 0.29) is 30.8 Å². The topological polar surface area (TPSA) is 93.4 Å². The van der Waals surface area contributed by atoms with Gasteiger partial charge in [-0.2, -0.15) is 0 Å². The van der Waals surface area contributed by atoms with Crippen LogP contribution in [0.4, 0.5) is 4.39 Å². The number of aromatic nitrogens is 4. The molecule has 0 saturated carbocycles. The second-order valence-corrected chi connectivity index (χ2v) is 7.69. The summed E-state index contributed by atoms with van der Waals surface area (Å²) >= 11 is 0. The molecule has 2 atom stereocenters. The molecule has 0 radical (unpaired) electrons. The van der Waals surface area contributed by atoms with Crippen molar-refractivity contribution in [3.63, 3.8) is 0 Å². The number of aliphatic hydroxyl groups excluding tert-OH is 1. The van der Waals surface area contributed by atoms with E-state index in [4.69, 9.17) is 4.74 Å². The number of amides is 1. The number of carbonyl (C=O) groups excluding carboxylic acids is 1. The predicted octanol–water partition coefficient (Wildman–Crippen LogP) is 2.19. The number of nitrogens with zero attached hydrogens (tertiary/aromatic N) is 5. The quantitative estimate of drug-likeness (QED) is 0.624. The Hall–Kier alpha value is -3.33. The fraction of sp³-hybridized carbons (Fsp3) is 0.364. The van der Waals surface area contributed by atoms with Crippen LogP contribution in [0.1, 0.15) is 34.1 Å². The fourth-order valence-corrected chi connectivity index (χ4v) is 3.69. The maximum atomic E-state index is 13.1. The van der Waals surface area contributed by atoms with Crippen LogP contribution in [0.3, 0.4) is 0 Å². The zero-order valence-corrected chi connectivity index (χ0v) is 17.2. The molecule has 31 heavy (non-hydrogen) atoms. The van der Waals surface area contributed by atoms with Gasteiger partial charge in [-0.25, -0.2) is 9.07 Å². The summed E-state index contributed by atoms with van der Waals surface area (Å²) in [7, 11) is 0. The molecule has 1 saturated heterocycles. The molecule has 8 nitrogen and oxygen atoms in total. The summed E-state index contributed by atoms with van der Waals surface area (Å²) in [4.78, 5) is 14.7. The van der Waals surface area contributed by atoms with E-state index < -0.39 is 6.10 Å². The van der Waals surface area contributed by atoms with Crippen molar-refractivity contribution >= 4 is 5.91 Å². The highest BCUT2D eigenvalue weighted by atomic mass is 19.1. The van der Waals surface area contributed by atoms with E-state index in [0.717, 1.165) is 12.0 Å². The van der Waals surface area contributed by atoms with Crippen LogP contribution in [-0.4, -0.2) is 61.9 Å². The monoisotopic (exact) mass is 425 g/mol. The van der Waals surface area contributed by atoms with Gasteiger partial charge in [0, 0.05) is 24.6 Å². The highest BCUT2D eigenvalue weighted by Crippen LogP contribution is 2.28. The Bertz CT molecular complexity index is 1020. The van der Waals surface area contributed by atoms with Gasteiger partial charge in [0.15, 0.2) is 0 Å². The number of hydrogen-bond acceptors (Lipinski definition) is 6. The Morgan fingerprint density at radius 1 is 1.23 bits per heavy atom. The molecule has 0 unspecified atom stereocenters. The molecule has 1 aliphatic rings. The first-order chi connectivity index (χ1) is 15.0. The van der Waals surface area contributed by atoms with Gasteiger partial charge in [-0.1, -0.05) is 12.1 Å². The molecular weight excluding hydrogens is 401 g/mol. The first kappa shape index (κ1) is 20.9. The van der Waals surface area contributed by atoms with Crippen molar-refractivity contribution in [3.8, 4) is 5.75 Å². The van der Waals surface area contributed by atoms with Gasteiger partial charge >= 0.3 is 0 Å². The van der Waals surface area contributed by atoms with Crippen molar-refractivity contribution in [2.24, 2.45) is 0 Å². The molecule has 1 aromatic heterocycles. The van der Waals surface area contributed by atoms with Crippen molar-refractivity contribution in [2.45, 2.75) is 31.9 Å². The summed E-state index contributed by atoms with van der Waals surface area (Å²) in [6, 6.07) is 13.4. The minimum absolute atomic E-state index is 0.0367. The van der Waals surface area contributed by atoms with Crippen LogP contribution in [-0.2, 0) is 6.54 Å². The number of aliphatic hydroxyl groups is 1. The van der Waals surface area contributed by atoms with Gasteiger partial charge in [0.05, 0.1) is 6.54 Å². The summed E-state index contributed by atoms with van der Waals surface area (Å²) in [5.74, 6) is 1.11. The van der Waals surface area contributed by atoms with Crippen LogP contribution in [0.15, 0.2) is 48.5 Å². The van der Waals surface area contributed by atoms with Crippen LogP contribution in [0.2, 0.25) is 0 Å². The molecule has 4 rings (SSSR count). The molecule has 3 aromatic rings. The summed E-state index contributed by atoms with van der Waals surface area (Å²) in [6.45, 7) is 3.36. The molecule has 9 heteroatoms. The van der Waals surface area contributed by atoms with Gasteiger partial charge in [-0.3, -0.25) is 4.79 Å². The van der Waals surface area contributed by atoms with Crippen molar-refractivity contribution in [1.29, 1.82) is 0 Å². The third-order valence-electron chi connectivity index (χ3n) is 5.46. The third-order valence-corrected chi connectivity index (χ3v) is 5.46. The van der Waals surface area contributed by atoms with Crippen LogP contribution in [0.25, 0.3) is 0 Å². The average molecular weight is 425 g/mol. The highest BCUT2D eigenvalue weighted by molar-refractivity contribution is 5.94. The average Bonchev–Trinajstić information content (AvgIpc) is 3.42. The molecule has 1 N–H and O–H groups in total. The molecule has 162 valence electrons. The van der Waals surface area contributed by atoms with E-state index in [9.17, 15) is 14.3 Å². The molecule has 2 aromatic carbocycles. The van der Waals surface area contributed by atoms with Gasteiger partial charge in [0.25, 0.3) is 5.91 Å². The van der Waals surface area contributed by atoms with E-state index in [1.165, 1.54) is 16.8 Å². The van der Waals surface area contributed by atoms with Gasteiger partial charge in [0.2, 0.25) is 0 Å². The first-order valence-corrected chi connectivity index (χ1v) is 10.2. The standard InChI is InChI=1S/C22H24FN5O3/c1-15-24-25-26-28(15)13-20(29)14-31-21-8-4-17(5-9-21)22(30)27-11-10-18(12-27)16-2-6-19(23)7-3-16/h2-9,18,20,29H,10-14H2,1H3/t18-,20+/m0/s1.